The molecule has 1 atom stereocenters. The van der Waals surface area contributed by atoms with Crippen LogP contribution < -0.4 is 10.0 Å². The molecule has 0 amide bonds. The van der Waals surface area contributed by atoms with Crippen molar-refractivity contribution in [3.63, 3.8) is 0 Å². The Labute approximate surface area is 139 Å². The molecule has 0 aliphatic rings. The topological polar surface area (TPSA) is 129 Å². The van der Waals surface area contributed by atoms with Gasteiger partial charge in [0.25, 0.3) is 0 Å². The van der Waals surface area contributed by atoms with Crippen molar-refractivity contribution in [2.45, 2.75) is 13.0 Å². The predicted octanol–water partition coefficient (Wildman–Crippen LogP) is 0.939. The van der Waals surface area contributed by atoms with Crippen LogP contribution in [-0.4, -0.2) is 45.0 Å². The van der Waals surface area contributed by atoms with Gasteiger partial charge in [0.2, 0.25) is 21.8 Å². The van der Waals surface area contributed by atoms with E-state index in [0.29, 0.717) is 5.56 Å². The molecule has 0 radical (unpaired) electrons. The van der Waals surface area contributed by atoms with E-state index in [9.17, 15) is 13.2 Å². The van der Waals surface area contributed by atoms with Crippen molar-refractivity contribution in [3.05, 3.63) is 29.7 Å². The van der Waals surface area contributed by atoms with Crippen molar-refractivity contribution in [2.24, 2.45) is 5.73 Å². The second-order valence-corrected chi connectivity index (χ2v) is 7.24. The molecule has 2 aromatic rings. The van der Waals surface area contributed by atoms with E-state index in [2.05, 4.69) is 10.2 Å². The summed E-state index contributed by atoms with van der Waals surface area (Å²) in [6, 6.07) is 3.95. The number of rotatable bonds is 5. The predicted molar refractivity (Wildman–Crippen MR) is 86.9 cm³/mol. The number of nitrogens with two attached hydrogens (primary N) is 1. The molecule has 1 heterocycles. The Balaban J connectivity index is 2.60. The number of anilines is 1. The highest BCUT2D eigenvalue weighted by molar-refractivity contribution is 7.92. The molecule has 0 spiro atoms. The van der Waals surface area contributed by atoms with Crippen molar-refractivity contribution >= 4 is 21.7 Å². The molecule has 0 unspecified atom stereocenters. The van der Waals surface area contributed by atoms with E-state index < -0.39 is 22.0 Å². The van der Waals surface area contributed by atoms with Crippen LogP contribution in [0.5, 0.6) is 0 Å². The average molecular weight is 354 g/mol. The molecule has 0 saturated carbocycles. The maximum atomic E-state index is 11.9. The van der Waals surface area contributed by atoms with Crippen molar-refractivity contribution in [2.75, 3.05) is 24.7 Å². The normalized spacial score (nSPS) is 12.7. The monoisotopic (exact) mass is 354 g/mol. The zero-order chi connectivity index (χ0) is 18.1. The summed E-state index contributed by atoms with van der Waals surface area (Å²) in [5.74, 6) is -0.269. The van der Waals surface area contributed by atoms with Gasteiger partial charge in [-0.15, -0.1) is 10.2 Å². The third-order valence-corrected chi connectivity index (χ3v) is 4.48. The lowest BCUT2D eigenvalue weighted by atomic mass is 10.1. The first-order valence-corrected chi connectivity index (χ1v) is 8.75. The number of methoxy groups -OCH3 is 1. The minimum Gasteiger partial charge on any atom is -0.465 e. The number of hydrogen-bond donors (Lipinski definition) is 1. The number of nitrogens with zero attached hydrogens (tertiary/aromatic N) is 3. The smallest absolute Gasteiger partial charge is 0.337 e. The Kier molecular flexibility index (Phi) is 4.90. The SMILES string of the molecule is COC(=O)c1cc(-c2nnc([C@H](C)N)o2)cc(N(C)S(C)(=O)=O)c1. The molecule has 0 bridgehead atoms. The fraction of sp³-hybridized carbons (Fsp3) is 0.357. The van der Waals surface area contributed by atoms with Crippen molar-refractivity contribution in [1.82, 2.24) is 10.2 Å². The van der Waals surface area contributed by atoms with Crippen LogP contribution in [0.1, 0.15) is 29.2 Å². The molecule has 0 aliphatic heterocycles. The second kappa shape index (κ2) is 6.57. The van der Waals surface area contributed by atoms with Gasteiger partial charge in [-0.1, -0.05) is 0 Å². The molecular formula is C14H18N4O5S. The summed E-state index contributed by atoms with van der Waals surface area (Å²) in [4.78, 5) is 11.9. The number of sulfonamides is 1. The molecule has 1 aromatic heterocycles. The van der Waals surface area contributed by atoms with Crippen LogP contribution in [0.3, 0.4) is 0 Å². The van der Waals surface area contributed by atoms with Crippen LogP contribution >= 0.6 is 0 Å². The van der Waals surface area contributed by atoms with Crippen molar-refractivity contribution in [1.29, 1.82) is 0 Å². The quantitative estimate of drug-likeness (QED) is 0.785. The number of hydrogen-bond acceptors (Lipinski definition) is 8. The van der Waals surface area contributed by atoms with E-state index in [4.69, 9.17) is 14.9 Å². The van der Waals surface area contributed by atoms with Crippen LogP contribution in [0.15, 0.2) is 22.6 Å². The van der Waals surface area contributed by atoms with Gasteiger partial charge in [-0.25, -0.2) is 13.2 Å². The number of aromatic nitrogens is 2. The molecule has 0 saturated heterocycles. The molecule has 1 aromatic carbocycles. The largest absolute Gasteiger partial charge is 0.465 e. The number of carbonyl (C=O) groups is 1. The number of benzene rings is 1. The highest BCUT2D eigenvalue weighted by Crippen LogP contribution is 2.28. The average Bonchev–Trinajstić information content (AvgIpc) is 3.02. The van der Waals surface area contributed by atoms with Gasteiger partial charge in [0, 0.05) is 12.6 Å². The van der Waals surface area contributed by atoms with E-state index in [0.717, 1.165) is 10.6 Å². The van der Waals surface area contributed by atoms with Crippen LogP contribution in [0.4, 0.5) is 5.69 Å². The Morgan fingerprint density at radius 1 is 1.33 bits per heavy atom. The van der Waals surface area contributed by atoms with Gasteiger partial charge in [-0.3, -0.25) is 4.31 Å². The first kappa shape index (κ1) is 17.9. The zero-order valence-electron chi connectivity index (χ0n) is 13.7. The van der Waals surface area contributed by atoms with Crippen molar-refractivity contribution < 1.29 is 22.4 Å². The fourth-order valence-electron chi connectivity index (χ4n) is 1.88. The van der Waals surface area contributed by atoms with E-state index >= 15 is 0 Å². The molecule has 24 heavy (non-hydrogen) atoms. The molecule has 0 aliphatic carbocycles. The van der Waals surface area contributed by atoms with E-state index in [1.807, 2.05) is 0 Å². The third kappa shape index (κ3) is 3.71. The summed E-state index contributed by atoms with van der Waals surface area (Å²) in [6.07, 6.45) is 1.05. The van der Waals surface area contributed by atoms with Gasteiger partial charge in [-0.2, -0.15) is 0 Å². The van der Waals surface area contributed by atoms with Gasteiger partial charge in [0.1, 0.15) is 0 Å². The molecule has 0 fully saturated rings. The Bertz CT molecular complexity index is 860. The lowest BCUT2D eigenvalue weighted by Gasteiger charge is -2.18. The van der Waals surface area contributed by atoms with E-state index in [1.54, 1.807) is 6.92 Å². The molecular weight excluding hydrogens is 336 g/mol. The number of ether oxygens (including phenoxy) is 1. The summed E-state index contributed by atoms with van der Waals surface area (Å²) >= 11 is 0. The van der Waals surface area contributed by atoms with Gasteiger partial charge < -0.3 is 14.9 Å². The zero-order valence-corrected chi connectivity index (χ0v) is 14.5. The van der Waals surface area contributed by atoms with Gasteiger partial charge >= 0.3 is 5.97 Å². The summed E-state index contributed by atoms with van der Waals surface area (Å²) in [5, 5.41) is 7.70. The first-order chi connectivity index (χ1) is 11.1. The Morgan fingerprint density at radius 2 is 2.00 bits per heavy atom. The van der Waals surface area contributed by atoms with Gasteiger partial charge in [-0.05, 0) is 25.1 Å². The fourth-order valence-corrected chi connectivity index (χ4v) is 2.37. The number of carbonyl (C=O) groups excluding carboxylic acids is 1. The minimum absolute atomic E-state index is 0.121. The summed E-state index contributed by atoms with van der Waals surface area (Å²) in [5.41, 5.74) is 6.47. The van der Waals surface area contributed by atoms with E-state index in [-0.39, 0.29) is 23.0 Å². The van der Waals surface area contributed by atoms with Crippen LogP contribution in [0.2, 0.25) is 0 Å². The van der Waals surface area contributed by atoms with Crippen molar-refractivity contribution in [3.8, 4) is 11.5 Å². The summed E-state index contributed by atoms with van der Waals surface area (Å²) < 4.78 is 34.7. The second-order valence-electron chi connectivity index (χ2n) is 5.22. The highest BCUT2D eigenvalue weighted by atomic mass is 32.2. The van der Waals surface area contributed by atoms with Crippen LogP contribution in [-0.2, 0) is 14.8 Å². The maximum Gasteiger partial charge on any atom is 0.337 e. The molecule has 10 heteroatoms. The van der Waals surface area contributed by atoms with Gasteiger partial charge in [0.05, 0.1) is 30.7 Å². The lowest BCUT2D eigenvalue weighted by Crippen LogP contribution is -2.25. The molecule has 9 nitrogen and oxygen atoms in total. The van der Waals surface area contributed by atoms with Gasteiger partial charge in [0.15, 0.2) is 0 Å². The summed E-state index contributed by atoms with van der Waals surface area (Å²) in [7, 11) is -0.914. The Morgan fingerprint density at radius 3 is 2.50 bits per heavy atom. The van der Waals surface area contributed by atoms with E-state index in [1.165, 1.54) is 32.4 Å². The minimum atomic E-state index is -3.52. The summed E-state index contributed by atoms with van der Waals surface area (Å²) in [6.45, 7) is 1.69. The molecule has 2 N–H and O–H groups in total. The lowest BCUT2D eigenvalue weighted by molar-refractivity contribution is 0.0601. The highest BCUT2D eigenvalue weighted by Gasteiger charge is 2.19. The first-order valence-electron chi connectivity index (χ1n) is 6.90. The maximum absolute atomic E-state index is 11.9. The Hall–Kier alpha value is -2.46. The van der Waals surface area contributed by atoms with Crippen LogP contribution in [0.25, 0.3) is 11.5 Å². The van der Waals surface area contributed by atoms with Crippen LogP contribution in [0, 0.1) is 0 Å². The standard InChI is InChI=1S/C14H18N4O5S/c1-8(15)12-16-17-13(23-12)9-5-10(14(19)22-3)7-11(6-9)18(2)24(4,20)21/h5-8H,15H2,1-4H3/t8-/m0/s1. The number of esters is 1. The third-order valence-electron chi connectivity index (χ3n) is 3.28. The molecule has 130 valence electrons. The molecule has 2 rings (SSSR count).